The van der Waals surface area contributed by atoms with E-state index >= 15 is 0 Å². The van der Waals surface area contributed by atoms with Gasteiger partial charge in [-0.2, -0.15) is 4.31 Å². The molecular weight excluding hydrogens is 470 g/mol. The molecule has 2 heterocycles. The molecule has 0 unspecified atom stereocenters. The maximum Gasteiger partial charge on any atom is 0.247 e. The second-order valence-corrected chi connectivity index (χ2v) is 10.7. The van der Waals surface area contributed by atoms with Crippen LogP contribution in [0.4, 0.5) is 0 Å². The number of fused-ring (bicyclic) bond motifs is 1. The van der Waals surface area contributed by atoms with E-state index in [1.54, 1.807) is 37.5 Å². The number of aliphatic hydroxyl groups excluding tert-OH is 1. The molecule has 0 aliphatic carbocycles. The second kappa shape index (κ2) is 9.74. The lowest BCUT2D eigenvalue weighted by Gasteiger charge is -2.37. The quantitative estimate of drug-likeness (QED) is 0.660. The third-order valence-corrected chi connectivity index (χ3v) is 7.84. The van der Waals surface area contributed by atoms with Crippen molar-refractivity contribution in [3.63, 3.8) is 0 Å². The summed E-state index contributed by atoms with van der Waals surface area (Å²) in [6.45, 7) is 5.08. The largest absolute Gasteiger partial charge is 0.487 e. The smallest absolute Gasteiger partial charge is 0.247 e. The average molecular weight is 498 g/mol. The minimum atomic E-state index is -3.80. The molecule has 1 N–H and O–H groups in total. The first kappa shape index (κ1) is 23.1. The van der Waals surface area contributed by atoms with Crippen LogP contribution in [0.25, 0.3) is 0 Å². The Balaban J connectivity index is 1.92. The van der Waals surface area contributed by atoms with Crippen LogP contribution >= 0.6 is 15.9 Å². The third kappa shape index (κ3) is 5.20. The number of aliphatic hydroxyl groups is 1. The number of likely N-dealkylation sites (N-methyl/N-ethyl adjacent to an activating group) is 1. The van der Waals surface area contributed by atoms with Gasteiger partial charge in [0.05, 0.1) is 6.61 Å². The van der Waals surface area contributed by atoms with Gasteiger partial charge >= 0.3 is 0 Å². The maximum atomic E-state index is 13.3. The molecule has 0 spiro atoms. The lowest BCUT2D eigenvalue weighted by atomic mass is 10.0. The minimum absolute atomic E-state index is 0.0826. The van der Waals surface area contributed by atoms with Gasteiger partial charge in [-0.25, -0.2) is 8.42 Å². The fraction of sp³-hybridized carbons (Fsp3) is 0.476. The second-order valence-electron chi connectivity index (χ2n) is 7.88. The van der Waals surface area contributed by atoms with Crippen LogP contribution in [0.1, 0.15) is 19.4 Å². The molecule has 3 atom stereocenters. The normalized spacial score (nSPS) is 22.6. The molecule has 164 valence electrons. The number of benzene rings is 1. The summed E-state index contributed by atoms with van der Waals surface area (Å²) in [7, 11) is -1.78. The molecule has 1 aliphatic rings. The van der Waals surface area contributed by atoms with Crippen LogP contribution in [0.15, 0.2) is 52.1 Å². The first-order valence-corrected chi connectivity index (χ1v) is 12.1. The Bertz CT molecular complexity index is 958. The molecule has 7 nitrogen and oxygen atoms in total. The van der Waals surface area contributed by atoms with Gasteiger partial charge in [0.2, 0.25) is 10.0 Å². The van der Waals surface area contributed by atoms with Crippen molar-refractivity contribution in [2.24, 2.45) is 5.92 Å². The highest BCUT2D eigenvalue weighted by molar-refractivity contribution is 9.10. The summed E-state index contributed by atoms with van der Waals surface area (Å²) < 4.78 is 35.0. The van der Waals surface area contributed by atoms with Crippen molar-refractivity contribution < 1.29 is 18.3 Å². The van der Waals surface area contributed by atoms with Crippen LogP contribution in [0.2, 0.25) is 0 Å². The standard InChI is InChI=1S/C21H28BrN3O4S/c1-15-11-25(16(2)14-26)30(27,28)21-5-4-18(22)10-19(21)29-20(15)13-24(3)12-17-6-8-23-9-7-17/h4-10,15-16,20,26H,11-14H2,1-3H3/t15-,16-,20-/m0/s1. The Morgan fingerprint density at radius 2 is 2.03 bits per heavy atom. The molecule has 30 heavy (non-hydrogen) atoms. The molecule has 0 fully saturated rings. The highest BCUT2D eigenvalue weighted by atomic mass is 79.9. The van der Waals surface area contributed by atoms with E-state index in [1.165, 1.54) is 4.31 Å². The van der Waals surface area contributed by atoms with Gasteiger partial charge in [-0.15, -0.1) is 0 Å². The van der Waals surface area contributed by atoms with E-state index in [2.05, 4.69) is 25.8 Å². The summed E-state index contributed by atoms with van der Waals surface area (Å²) in [6, 6.07) is 8.37. The molecule has 0 saturated carbocycles. The Hall–Kier alpha value is -1.52. The van der Waals surface area contributed by atoms with Gasteiger partial charge in [0.1, 0.15) is 16.7 Å². The highest BCUT2D eigenvalue weighted by Crippen LogP contribution is 2.35. The first-order valence-electron chi connectivity index (χ1n) is 9.88. The SMILES string of the molecule is C[C@H]1CN([C@@H](C)CO)S(=O)(=O)c2ccc(Br)cc2O[C@H]1CN(C)Cc1ccncc1. The zero-order chi connectivity index (χ0) is 21.9. The molecule has 3 rings (SSSR count). The van der Waals surface area contributed by atoms with Crippen molar-refractivity contribution >= 4 is 26.0 Å². The van der Waals surface area contributed by atoms with Gasteiger partial charge in [-0.1, -0.05) is 22.9 Å². The molecule has 0 radical (unpaired) electrons. The fourth-order valence-electron chi connectivity index (χ4n) is 3.59. The molecule has 1 aromatic heterocycles. The summed E-state index contributed by atoms with van der Waals surface area (Å²) >= 11 is 3.42. The Morgan fingerprint density at radius 1 is 1.33 bits per heavy atom. The van der Waals surface area contributed by atoms with Gasteiger partial charge in [0.25, 0.3) is 0 Å². The highest BCUT2D eigenvalue weighted by Gasteiger charge is 2.38. The van der Waals surface area contributed by atoms with E-state index < -0.39 is 16.1 Å². The van der Waals surface area contributed by atoms with Crippen molar-refractivity contribution in [2.45, 2.75) is 37.4 Å². The molecule has 9 heteroatoms. The number of aromatic nitrogens is 1. The van der Waals surface area contributed by atoms with Crippen molar-refractivity contribution in [1.82, 2.24) is 14.2 Å². The van der Waals surface area contributed by atoms with Gasteiger partial charge in [0, 0.05) is 48.5 Å². The monoisotopic (exact) mass is 497 g/mol. The van der Waals surface area contributed by atoms with E-state index in [4.69, 9.17) is 4.74 Å². The molecule has 1 aliphatic heterocycles. The van der Waals surface area contributed by atoms with Crippen LogP contribution in [-0.2, 0) is 16.6 Å². The van der Waals surface area contributed by atoms with E-state index in [9.17, 15) is 13.5 Å². The number of rotatable bonds is 6. The number of nitrogens with zero attached hydrogens (tertiary/aromatic N) is 3. The van der Waals surface area contributed by atoms with Gasteiger partial charge in [-0.3, -0.25) is 9.88 Å². The Kier molecular flexibility index (Phi) is 7.52. The average Bonchev–Trinajstić information content (AvgIpc) is 2.70. The summed E-state index contributed by atoms with van der Waals surface area (Å²) in [5.74, 6) is 0.245. The number of halogens is 1. The van der Waals surface area contributed by atoms with Gasteiger partial charge in [0.15, 0.2) is 0 Å². The molecule has 1 aromatic carbocycles. The maximum absolute atomic E-state index is 13.3. The van der Waals surface area contributed by atoms with Crippen molar-refractivity contribution in [3.8, 4) is 5.75 Å². The number of pyridine rings is 1. The molecule has 0 amide bonds. The van der Waals surface area contributed by atoms with E-state index in [1.807, 2.05) is 26.1 Å². The van der Waals surface area contributed by atoms with Gasteiger partial charge < -0.3 is 9.84 Å². The number of sulfonamides is 1. The molecule has 0 bridgehead atoms. The zero-order valence-corrected chi connectivity index (χ0v) is 19.8. The zero-order valence-electron chi connectivity index (χ0n) is 17.4. The summed E-state index contributed by atoms with van der Waals surface area (Å²) in [4.78, 5) is 6.33. The predicted molar refractivity (Wildman–Crippen MR) is 119 cm³/mol. The van der Waals surface area contributed by atoms with E-state index in [0.717, 1.165) is 16.6 Å². The van der Waals surface area contributed by atoms with Crippen LogP contribution < -0.4 is 4.74 Å². The van der Waals surface area contributed by atoms with E-state index in [0.29, 0.717) is 12.3 Å². The van der Waals surface area contributed by atoms with Crippen molar-refractivity contribution in [3.05, 3.63) is 52.8 Å². The number of hydrogen-bond acceptors (Lipinski definition) is 6. The fourth-order valence-corrected chi connectivity index (χ4v) is 5.75. The van der Waals surface area contributed by atoms with Crippen LogP contribution in [-0.4, -0.2) is 66.6 Å². The third-order valence-electron chi connectivity index (χ3n) is 5.32. The first-order chi connectivity index (χ1) is 14.2. The van der Waals surface area contributed by atoms with Crippen LogP contribution in [0.5, 0.6) is 5.75 Å². The summed E-state index contributed by atoms with van der Waals surface area (Å²) in [5.41, 5.74) is 1.15. The molecular formula is C21H28BrN3O4S. The number of hydrogen-bond donors (Lipinski definition) is 1. The Labute approximate surface area is 186 Å². The van der Waals surface area contributed by atoms with Crippen molar-refractivity contribution in [2.75, 3.05) is 26.7 Å². The summed E-state index contributed by atoms with van der Waals surface area (Å²) in [5, 5.41) is 9.68. The van der Waals surface area contributed by atoms with Crippen LogP contribution in [0.3, 0.4) is 0 Å². The van der Waals surface area contributed by atoms with Crippen molar-refractivity contribution in [1.29, 1.82) is 0 Å². The van der Waals surface area contributed by atoms with E-state index in [-0.39, 0.29) is 30.1 Å². The van der Waals surface area contributed by atoms with Gasteiger partial charge in [-0.05, 0) is 49.9 Å². The minimum Gasteiger partial charge on any atom is -0.487 e. The lowest BCUT2D eigenvalue weighted by Crippen LogP contribution is -2.49. The predicted octanol–water partition coefficient (Wildman–Crippen LogP) is 2.74. The Morgan fingerprint density at radius 3 is 2.70 bits per heavy atom. The molecule has 0 saturated heterocycles. The van der Waals surface area contributed by atoms with Crippen LogP contribution in [0, 0.1) is 5.92 Å². The summed E-state index contributed by atoms with van der Waals surface area (Å²) in [6.07, 6.45) is 3.31. The lowest BCUT2D eigenvalue weighted by molar-refractivity contribution is 0.0733. The number of ether oxygens (including phenoxy) is 1. The molecule has 2 aromatic rings. The topological polar surface area (TPSA) is 83.0 Å².